The van der Waals surface area contributed by atoms with Crippen molar-refractivity contribution < 1.29 is 26.7 Å². The van der Waals surface area contributed by atoms with Crippen LogP contribution in [0.1, 0.15) is 29.8 Å². The van der Waals surface area contributed by atoms with Gasteiger partial charge in [0.1, 0.15) is 5.82 Å². The lowest BCUT2D eigenvalue weighted by atomic mass is 10.0. The number of rotatable bonds is 4. The molecule has 1 aliphatic heterocycles. The minimum absolute atomic E-state index is 0.0226. The summed E-state index contributed by atoms with van der Waals surface area (Å²) in [4.78, 5) is 44.1. The minimum Gasteiger partial charge on any atom is -0.367 e. The molecule has 8 nitrogen and oxygen atoms in total. The van der Waals surface area contributed by atoms with Crippen molar-refractivity contribution in [2.45, 2.75) is 32.1 Å². The molecule has 1 amide bonds. The van der Waals surface area contributed by atoms with Gasteiger partial charge in [0.15, 0.2) is 5.82 Å². The van der Waals surface area contributed by atoms with Crippen LogP contribution in [0.25, 0.3) is 11.1 Å². The summed E-state index contributed by atoms with van der Waals surface area (Å²) in [6, 6.07) is 3.41. The van der Waals surface area contributed by atoms with Gasteiger partial charge in [0.25, 0.3) is 11.5 Å². The Labute approximate surface area is 213 Å². The third-order valence-electron chi connectivity index (χ3n) is 6.68. The van der Waals surface area contributed by atoms with Gasteiger partial charge in [-0.2, -0.15) is 13.2 Å². The molecule has 2 aromatic heterocycles. The van der Waals surface area contributed by atoms with Gasteiger partial charge in [0.05, 0.1) is 22.5 Å². The molecule has 202 valence electrons. The second kappa shape index (κ2) is 10.0. The number of benzene rings is 1. The summed E-state index contributed by atoms with van der Waals surface area (Å²) < 4.78 is 70.0. The van der Waals surface area contributed by atoms with E-state index in [1.54, 1.807) is 4.90 Å². The molecule has 2 atom stereocenters. The molecule has 0 spiro atoms. The summed E-state index contributed by atoms with van der Waals surface area (Å²) in [5.74, 6) is -3.17. The van der Waals surface area contributed by atoms with E-state index >= 15 is 4.39 Å². The lowest BCUT2D eigenvalue weighted by Gasteiger charge is -2.44. The quantitative estimate of drug-likeness (QED) is 0.440. The van der Waals surface area contributed by atoms with Crippen molar-refractivity contribution in [3.8, 4) is 11.1 Å². The highest BCUT2D eigenvalue weighted by Gasteiger charge is 2.36. The monoisotopic (exact) mass is 537 g/mol. The van der Waals surface area contributed by atoms with E-state index < -0.39 is 46.0 Å². The number of piperazine rings is 1. The number of H-pyrrole nitrogens is 2. The fraction of sp³-hybridized carbons (Fsp3) is 0.320. The number of amides is 1. The van der Waals surface area contributed by atoms with Crippen molar-refractivity contribution in [3.05, 3.63) is 80.1 Å². The number of nitrogens with one attached hydrogen (secondary N) is 3. The standard InChI is InChI=1S/C25H24F5N5O3/c1-12-10-35(11-13(2)34(12)3)21-7-18(26)15(14-4-19(27)24(38)32-8-14)5-20(21)33-23(37)16-9-31-22(36)6-17(16)25(28,29)30/h4-9,12-13H,10-11H2,1-3H3,(H,31,36)(H,32,38)(H,33,37)/t12-,13+. The van der Waals surface area contributed by atoms with Crippen molar-refractivity contribution in [1.82, 2.24) is 14.9 Å². The highest BCUT2D eigenvalue weighted by Crippen LogP contribution is 2.37. The summed E-state index contributed by atoms with van der Waals surface area (Å²) in [5.41, 5.74) is -4.43. The molecule has 13 heteroatoms. The maximum absolute atomic E-state index is 15.3. The Balaban J connectivity index is 1.84. The Kier molecular flexibility index (Phi) is 7.15. The molecule has 0 unspecified atom stereocenters. The van der Waals surface area contributed by atoms with Crippen molar-refractivity contribution in [2.24, 2.45) is 0 Å². The summed E-state index contributed by atoms with van der Waals surface area (Å²) >= 11 is 0. The molecule has 1 saturated heterocycles. The molecule has 3 N–H and O–H groups in total. The number of carbonyl (C=O) groups is 1. The average molecular weight is 537 g/mol. The van der Waals surface area contributed by atoms with Crippen LogP contribution in [-0.2, 0) is 6.18 Å². The van der Waals surface area contributed by atoms with Crippen molar-refractivity contribution in [1.29, 1.82) is 0 Å². The van der Waals surface area contributed by atoms with Crippen LogP contribution >= 0.6 is 0 Å². The largest absolute Gasteiger partial charge is 0.417 e. The predicted octanol–water partition coefficient (Wildman–Crippen LogP) is 3.81. The zero-order chi connectivity index (χ0) is 27.9. The van der Waals surface area contributed by atoms with E-state index in [4.69, 9.17) is 0 Å². The van der Waals surface area contributed by atoms with Crippen molar-refractivity contribution in [2.75, 3.05) is 30.4 Å². The number of anilines is 2. The van der Waals surface area contributed by atoms with Crippen molar-refractivity contribution >= 4 is 17.3 Å². The maximum atomic E-state index is 15.3. The number of pyridine rings is 2. The summed E-state index contributed by atoms with van der Waals surface area (Å²) in [6.45, 7) is 4.74. The lowest BCUT2D eigenvalue weighted by Crippen LogP contribution is -2.55. The Bertz CT molecular complexity index is 1490. The first-order valence-corrected chi connectivity index (χ1v) is 11.6. The van der Waals surface area contributed by atoms with Crippen LogP contribution < -0.4 is 21.3 Å². The Morgan fingerprint density at radius 3 is 2.24 bits per heavy atom. The van der Waals surface area contributed by atoms with E-state index in [2.05, 4.69) is 20.2 Å². The molecule has 4 rings (SSSR count). The molecule has 1 aromatic carbocycles. The Morgan fingerprint density at radius 1 is 0.974 bits per heavy atom. The third-order valence-corrected chi connectivity index (χ3v) is 6.68. The molecule has 3 aromatic rings. The molecule has 0 bridgehead atoms. The average Bonchev–Trinajstić information content (AvgIpc) is 2.84. The van der Waals surface area contributed by atoms with E-state index in [-0.39, 0.29) is 40.7 Å². The third kappa shape index (κ3) is 5.32. The Morgan fingerprint density at radius 2 is 1.63 bits per heavy atom. The molecular formula is C25H24F5N5O3. The van der Waals surface area contributed by atoms with Gasteiger partial charge in [-0.25, -0.2) is 8.78 Å². The van der Waals surface area contributed by atoms with Crippen LogP contribution in [0.3, 0.4) is 0 Å². The van der Waals surface area contributed by atoms with Crippen LogP contribution in [0.4, 0.5) is 33.3 Å². The smallest absolute Gasteiger partial charge is 0.367 e. The number of likely N-dealkylation sites (N-methyl/N-ethyl adjacent to an activating group) is 1. The number of alkyl halides is 3. The van der Waals surface area contributed by atoms with E-state index in [1.807, 2.05) is 20.9 Å². The molecular weight excluding hydrogens is 513 g/mol. The minimum atomic E-state index is -4.99. The summed E-state index contributed by atoms with van der Waals surface area (Å²) in [6.07, 6.45) is -3.26. The molecule has 38 heavy (non-hydrogen) atoms. The van der Waals surface area contributed by atoms with Crippen LogP contribution in [-0.4, -0.2) is 53.0 Å². The van der Waals surface area contributed by atoms with Gasteiger partial charge < -0.3 is 20.2 Å². The Hall–Kier alpha value is -4.00. The number of aromatic amines is 2. The lowest BCUT2D eigenvalue weighted by molar-refractivity contribution is -0.138. The predicted molar refractivity (Wildman–Crippen MR) is 131 cm³/mol. The molecule has 1 fully saturated rings. The fourth-order valence-electron chi connectivity index (χ4n) is 4.44. The van der Waals surface area contributed by atoms with E-state index in [0.717, 1.165) is 18.3 Å². The van der Waals surface area contributed by atoms with Gasteiger partial charge >= 0.3 is 6.18 Å². The number of hydrogen-bond acceptors (Lipinski definition) is 5. The maximum Gasteiger partial charge on any atom is 0.417 e. The number of aromatic nitrogens is 2. The van der Waals surface area contributed by atoms with Gasteiger partial charge in [-0.15, -0.1) is 0 Å². The second-order valence-electron chi connectivity index (χ2n) is 9.26. The first-order valence-electron chi connectivity index (χ1n) is 11.6. The van der Waals surface area contributed by atoms with Crippen LogP contribution in [0, 0.1) is 11.6 Å². The molecule has 1 aliphatic rings. The summed E-state index contributed by atoms with van der Waals surface area (Å²) in [7, 11) is 1.93. The summed E-state index contributed by atoms with van der Waals surface area (Å²) in [5, 5.41) is 2.41. The highest BCUT2D eigenvalue weighted by atomic mass is 19.4. The van der Waals surface area contributed by atoms with Gasteiger partial charge in [-0.05, 0) is 39.1 Å². The highest BCUT2D eigenvalue weighted by molar-refractivity contribution is 6.07. The van der Waals surface area contributed by atoms with Crippen molar-refractivity contribution in [3.63, 3.8) is 0 Å². The van der Waals surface area contributed by atoms with Crippen LogP contribution in [0.15, 0.2) is 46.2 Å². The van der Waals surface area contributed by atoms with Gasteiger partial charge in [-0.3, -0.25) is 19.3 Å². The van der Waals surface area contributed by atoms with Gasteiger partial charge in [0.2, 0.25) is 5.56 Å². The van der Waals surface area contributed by atoms with Gasteiger partial charge in [-0.1, -0.05) is 0 Å². The molecule has 0 aliphatic carbocycles. The van der Waals surface area contributed by atoms with E-state index in [0.29, 0.717) is 19.3 Å². The fourth-order valence-corrected chi connectivity index (χ4v) is 4.44. The first kappa shape index (κ1) is 27.0. The first-order chi connectivity index (χ1) is 17.8. The van der Waals surface area contributed by atoms with E-state index in [1.165, 1.54) is 6.07 Å². The SMILES string of the molecule is C[C@@H]1CN(c2cc(F)c(-c3c[nH]c(=O)c(F)c3)cc2NC(=O)c2c[nH]c(=O)cc2C(F)(F)F)C[C@H](C)N1C. The normalized spacial score (nSPS) is 18.5. The van der Waals surface area contributed by atoms with E-state index in [9.17, 15) is 31.9 Å². The number of carbonyl (C=O) groups excluding carboxylic acids is 1. The number of nitrogens with zero attached hydrogens (tertiary/aromatic N) is 2. The van der Waals surface area contributed by atoms with Gasteiger partial charge in [0, 0.05) is 54.8 Å². The molecule has 0 radical (unpaired) electrons. The molecule has 0 saturated carbocycles. The zero-order valence-corrected chi connectivity index (χ0v) is 20.5. The second-order valence-corrected chi connectivity index (χ2v) is 9.26. The zero-order valence-electron chi connectivity index (χ0n) is 20.5. The van der Waals surface area contributed by atoms with Crippen LogP contribution in [0.2, 0.25) is 0 Å². The molecule has 3 heterocycles. The number of halogens is 5. The van der Waals surface area contributed by atoms with Crippen LogP contribution in [0.5, 0.6) is 0 Å². The topological polar surface area (TPSA) is 101 Å². The number of hydrogen-bond donors (Lipinski definition) is 3.